The Morgan fingerprint density at radius 2 is 1.97 bits per heavy atom. The normalized spacial score (nSPS) is 15.6. The van der Waals surface area contributed by atoms with Crippen molar-refractivity contribution >= 4 is 17.2 Å². The Kier molecular flexibility index (Phi) is 10.3. The second kappa shape index (κ2) is 11.9. The van der Waals surface area contributed by atoms with E-state index in [1.54, 1.807) is 22.9 Å². The third-order valence-electron chi connectivity index (χ3n) is 3.92. The number of aryl methyl sites for hydroxylation is 1. The molecule has 0 unspecified atom stereocenters. The van der Waals surface area contributed by atoms with Gasteiger partial charge in [-0.15, -0.1) is 11.3 Å². The van der Waals surface area contributed by atoms with Gasteiger partial charge >= 0.3 is 0 Å². The summed E-state index contributed by atoms with van der Waals surface area (Å²) >= 11 is 1.55. The fourth-order valence-corrected chi connectivity index (χ4v) is 3.45. The second-order valence-corrected chi connectivity index (χ2v) is 9.33. The van der Waals surface area contributed by atoms with Gasteiger partial charge in [0.25, 0.3) is 0 Å². The van der Waals surface area contributed by atoms with E-state index >= 15 is 0 Å². The van der Waals surface area contributed by atoms with Gasteiger partial charge in [0.2, 0.25) is 5.91 Å². The first-order valence-electron chi connectivity index (χ1n) is 10.4. The van der Waals surface area contributed by atoms with Gasteiger partial charge in [0.1, 0.15) is 5.75 Å². The Bertz CT molecular complexity index is 754. The summed E-state index contributed by atoms with van der Waals surface area (Å²) in [4.78, 5) is 17.2. The van der Waals surface area contributed by atoms with Gasteiger partial charge < -0.3 is 15.7 Å². The molecule has 2 aromatic rings. The van der Waals surface area contributed by atoms with Crippen LogP contribution in [0, 0.1) is 12.3 Å². The molecule has 2 heterocycles. The molecule has 1 aromatic carbocycles. The van der Waals surface area contributed by atoms with Crippen molar-refractivity contribution in [1.82, 2.24) is 15.6 Å². The fourth-order valence-electron chi connectivity index (χ4n) is 2.65. The van der Waals surface area contributed by atoms with Gasteiger partial charge in [-0.1, -0.05) is 53.7 Å². The molecule has 0 spiro atoms. The molecule has 1 aliphatic heterocycles. The Hall–Kier alpha value is -1.92. The summed E-state index contributed by atoms with van der Waals surface area (Å²) in [5.74, 6) is 0.198. The quantitative estimate of drug-likeness (QED) is 0.631. The first kappa shape index (κ1) is 25.1. The van der Waals surface area contributed by atoms with Crippen LogP contribution in [-0.4, -0.2) is 28.6 Å². The van der Waals surface area contributed by atoms with Crippen LogP contribution in [0.2, 0.25) is 0 Å². The van der Waals surface area contributed by atoms with E-state index in [0.29, 0.717) is 12.0 Å². The topological polar surface area (TPSA) is 74.2 Å². The predicted octanol–water partition coefficient (Wildman–Crippen LogP) is 5.27. The van der Waals surface area contributed by atoms with Gasteiger partial charge in [0.15, 0.2) is 0 Å². The maximum atomic E-state index is 12.0. The van der Waals surface area contributed by atoms with Crippen LogP contribution >= 0.6 is 11.3 Å². The Morgan fingerprint density at radius 1 is 1.31 bits per heavy atom. The maximum Gasteiger partial charge on any atom is 0.237 e. The second-order valence-electron chi connectivity index (χ2n) is 8.48. The lowest BCUT2D eigenvalue weighted by Gasteiger charge is -2.12. The molecule has 1 fully saturated rings. The van der Waals surface area contributed by atoms with Crippen LogP contribution in [0.15, 0.2) is 23.7 Å². The van der Waals surface area contributed by atoms with Gasteiger partial charge in [0, 0.05) is 12.1 Å². The van der Waals surface area contributed by atoms with Gasteiger partial charge in [-0.25, -0.2) is 4.98 Å². The van der Waals surface area contributed by atoms with Crippen LogP contribution in [0.4, 0.5) is 0 Å². The third-order valence-corrected chi connectivity index (χ3v) is 4.90. The summed E-state index contributed by atoms with van der Waals surface area (Å²) in [7, 11) is 0. The highest BCUT2D eigenvalue weighted by atomic mass is 32.1. The van der Waals surface area contributed by atoms with E-state index in [9.17, 15) is 9.90 Å². The van der Waals surface area contributed by atoms with E-state index < -0.39 is 0 Å². The van der Waals surface area contributed by atoms with Gasteiger partial charge in [-0.3, -0.25) is 4.79 Å². The molecule has 5 nitrogen and oxygen atoms in total. The summed E-state index contributed by atoms with van der Waals surface area (Å²) in [6.45, 7) is 15.9. The molecule has 1 aromatic heterocycles. The van der Waals surface area contributed by atoms with Crippen molar-refractivity contribution in [3.8, 4) is 16.2 Å². The van der Waals surface area contributed by atoms with Crippen molar-refractivity contribution in [2.45, 2.75) is 73.9 Å². The largest absolute Gasteiger partial charge is 0.508 e. The molecule has 1 atom stereocenters. The number of nitrogens with zero attached hydrogens (tertiary/aromatic N) is 1. The molecule has 1 aliphatic rings. The Labute approximate surface area is 180 Å². The van der Waals surface area contributed by atoms with Crippen molar-refractivity contribution in [3.05, 3.63) is 35.0 Å². The number of thiazole rings is 1. The number of hydrogen-bond donors (Lipinski definition) is 3. The van der Waals surface area contributed by atoms with Crippen LogP contribution < -0.4 is 10.6 Å². The number of phenolic OH excluding ortho intramolecular Hbond substituents is 1. The lowest BCUT2D eigenvalue weighted by Crippen LogP contribution is -2.39. The molecule has 3 rings (SSSR count). The molecule has 0 saturated carbocycles. The maximum absolute atomic E-state index is 12.0. The highest BCUT2D eigenvalue weighted by Gasteiger charge is 2.21. The smallest absolute Gasteiger partial charge is 0.237 e. The Balaban J connectivity index is 0.000000527. The van der Waals surface area contributed by atoms with Gasteiger partial charge in [-0.05, 0) is 43.4 Å². The van der Waals surface area contributed by atoms with Crippen molar-refractivity contribution in [1.29, 1.82) is 0 Å². The predicted molar refractivity (Wildman–Crippen MR) is 123 cm³/mol. The lowest BCUT2D eigenvalue weighted by atomic mass is 10.0. The molecular weight excluding hydrogens is 382 g/mol. The van der Waals surface area contributed by atoms with Crippen molar-refractivity contribution in [2.75, 3.05) is 6.54 Å². The number of carbonyl (C=O) groups is 1. The number of phenols is 1. The number of aromatic nitrogens is 1. The van der Waals surface area contributed by atoms with Crippen LogP contribution in [0.1, 0.15) is 65.6 Å². The fraction of sp³-hybridized carbons (Fsp3) is 0.565. The first-order chi connectivity index (χ1) is 13.6. The van der Waals surface area contributed by atoms with E-state index in [2.05, 4.69) is 43.3 Å². The molecule has 3 N–H and O–H groups in total. The molecule has 6 heteroatoms. The highest BCUT2D eigenvalue weighted by Crippen LogP contribution is 2.31. The number of nitrogens with one attached hydrogen (secondary N) is 2. The number of carbonyl (C=O) groups excluding carboxylic acids is 1. The van der Waals surface area contributed by atoms with E-state index in [-0.39, 0.29) is 17.7 Å². The van der Waals surface area contributed by atoms with Crippen molar-refractivity contribution in [2.24, 2.45) is 5.41 Å². The molecule has 0 aliphatic carbocycles. The van der Waals surface area contributed by atoms with Crippen molar-refractivity contribution in [3.63, 3.8) is 0 Å². The summed E-state index contributed by atoms with van der Waals surface area (Å²) in [5, 5.41) is 16.2. The number of benzene rings is 1. The van der Waals surface area contributed by atoms with Crippen LogP contribution in [-0.2, 0) is 11.3 Å². The molecule has 1 amide bonds. The average Bonchev–Trinajstić information content (AvgIpc) is 3.32. The first-order valence-corrected chi connectivity index (χ1v) is 11.3. The molecule has 0 bridgehead atoms. The summed E-state index contributed by atoms with van der Waals surface area (Å²) in [6.07, 6.45) is 1.91. The summed E-state index contributed by atoms with van der Waals surface area (Å²) in [5.41, 5.74) is 4.92. The number of rotatable bonds is 4. The standard InChI is InChI=1S/C16H19N3O2S.C5H12.C2H6/c1-10-15(22-9-19-10)11-4-5-12(14(20)7-11)8-18-16(21)13-3-2-6-17-13;1-5(2,3)4;1-2/h4-5,7,9,13,17,20H,2-3,6,8H2,1H3,(H,18,21);1-4H3;1-2H3/t13-;;/m0../s1. The minimum absolute atomic E-state index is 0.000669. The average molecular weight is 420 g/mol. The molecule has 29 heavy (non-hydrogen) atoms. The molecule has 0 radical (unpaired) electrons. The SMILES string of the molecule is CC.CC(C)(C)C.Cc1ncsc1-c1ccc(CNC(=O)[C@@H]2CCCN2)c(O)c1. The number of hydrogen-bond acceptors (Lipinski definition) is 5. The van der Waals surface area contributed by atoms with Gasteiger partial charge in [-0.2, -0.15) is 0 Å². The minimum atomic E-state index is -0.0961. The zero-order valence-electron chi connectivity index (χ0n) is 18.9. The van der Waals surface area contributed by atoms with E-state index in [0.717, 1.165) is 41.1 Å². The molecular formula is C23H37N3O2S. The molecule has 1 saturated heterocycles. The molecule has 162 valence electrons. The van der Waals surface area contributed by atoms with Crippen LogP contribution in [0.5, 0.6) is 5.75 Å². The van der Waals surface area contributed by atoms with E-state index in [4.69, 9.17) is 0 Å². The third kappa shape index (κ3) is 8.96. The summed E-state index contributed by atoms with van der Waals surface area (Å²) < 4.78 is 0. The zero-order valence-corrected chi connectivity index (χ0v) is 19.7. The zero-order chi connectivity index (χ0) is 22.0. The van der Waals surface area contributed by atoms with E-state index in [1.165, 1.54) is 0 Å². The number of amides is 1. The summed E-state index contributed by atoms with van der Waals surface area (Å²) in [6, 6.07) is 5.44. The lowest BCUT2D eigenvalue weighted by molar-refractivity contribution is -0.122. The number of aromatic hydroxyl groups is 1. The van der Waals surface area contributed by atoms with Crippen molar-refractivity contribution < 1.29 is 9.90 Å². The minimum Gasteiger partial charge on any atom is -0.508 e. The van der Waals surface area contributed by atoms with E-state index in [1.807, 2.05) is 32.9 Å². The van der Waals surface area contributed by atoms with Crippen LogP contribution in [0.25, 0.3) is 10.4 Å². The highest BCUT2D eigenvalue weighted by molar-refractivity contribution is 7.13. The Morgan fingerprint density at radius 3 is 2.45 bits per heavy atom. The monoisotopic (exact) mass is 419 g/mol. The van der Waals surface area contributed by atoms with Gasteiger partial charge in [0.05, 0.1) is 22.1 Å². The van der Waals surface area contributed by atoms with Crippen LogP contribution in [0.3, 0.4) is 0 Å².